The summed E-state index contributed by atoms with van der Waals surface area (Å²) in [5, 5.41) is 16.4. The zero-order valence-corrected chi connectivity index (χ0v) is 12.8. The number of hydrogen-bond acceptors (Lipinski definition) is 3. The third-order valence-corrected chi connectivity index (χ3v) is 4.78. The van der Waals surface area contributed by atoms with Crippen LogP contribution in [0.1, 0.15) is 55.1 Å². The third-order valence-electron chi connectivity index (χ3n) is 4.78. The molecule has 1 aromatic heterocycles. The van der Waals surface area contributed by atoms with Crippen LogP contribution >= 0.6 is 0 Å². The molecule has 6 heteroatoms. The Labute approximate surface area is 124 Å². The van der Waals surface area contributed by atoms with E-state index in [1.807, 2.05) is 0 Å². The molecule has 1 aliphatic carbocycles. The number of carboxylic acids is 1. The van der Waals surface area contributed by atoms with Gasteiger partial charge in [-0.15, -0.1) is 0 Å². The molecule has 0 atom stereocenters. The lowest BCUT2D eigenvalue weighted by Gasteiger charge is -2.37. The van der Waals surface area contributed by atoms with E-state index in [0.29, 0.717) is 24.3 Å². The van der Waals surface area contributed by atoms with E-state index in [9.17, 15) is 14.7 Å². The minimum atomic E-state index is -1.13. The van der Waals surface area contributed by atoms with Crippen molar-refractivity contribution in [1.82, 2.24) is 15.1 Å². The predicted molar refractivity (Wildman–Crippen MR) is 78.0 cm³/mol. The van der Waals surface area contributed by atoms with E-state index in [4.69, 9.17) is 0 Å². The Morgan fingerprint density at radius 1 is 1.48 bits per heavy atom. The molecule has 0 bridgehead atoms. The van der Waals surface area contributed by atoms with E-state index in [2.05, 4.69) is 17.3 Å². The SMILES string of the molecule is CCC1CCC(NC(=O)c2cnn(C)c2C)(C(=O)O)CC1. The van der Waals surface area contributed by atoms with Gasteiger partial charge < -0.3 is 10.4 Å². The van der Waals surface area contributed by atoms with Gasteiger partial charge in [0.15, 0.2) is 0 Å². The summed E-state index contributed by atoms with van der Waals surface area (Å²) < 4.78 is 1.61. The molecule has 1 saturated carbocycles. The van der Waals surface area contributed by atoms with E-state index in [1.165, 1.54) is 6.20 Å². The van der Waals surface area contributed by atoms with E-state index < -0.39 is 11.5 Å². The van der Waals surface area contributed by atoms with Crippen LogP contribution in [0.4, 0.5) is 0 Å². The van der Waals surface area contributed by atoms with Gasteiger partial charge in [0.2, 0.25) is 0 Å². The first-order chi connectivity index (χ1) is 9.89. The number of aryl methyl sites for hydroxylation is 1. The molecular weight excluding hydrogens is 270 g/mol. The Morgan fingerprint density at radius 3 is 2.52 bits per heavy atom. The highest BCUT2D eigenvalue weighted by molar-refractivity contribution is 5.98. The second-order valence-corrected chi connectivity index (χ2v) is 5.96. The average Bonchev–Trinajstić information content (AvgIpc) is 2.79. The topological polar surface area (TPSA) is 84.2 Å². The maximum absolute atomic E-state index is 12.4. The molecule has 1 aromatic rings. The standard InChI is InChI=1S/C15H23N3O3/c1-4-11-5-7-15(8-6-11,14(20)21)17-13(19)12-9-16-18(3)10(12)2/h9,11H,4-8H2,1-3H3,(H,17,19)(H,20,21). The lowest BCUT2D eigenvalue weighted by Crippen LogP contribution is -2.56. The molecule has 2 N–H and O–H groups in total. The number of aromatic nitrogens is 2. The molecule has 21 heavy (non-hydrogen) atoms. The van der Waals surface area contributed by atoms with E-state index >= 15 is 0 Å². The summed E-state index contributed by atoms with van der Waals surface area (Å²) in [5.74, 6) is -0.723. The second-order valence-electron chi connectivity index (χ2n) is 5.96. The first-order valence-electron chi connectivity index (χ1n) is 7.44. The number of nitrogens with one attached hydrogen (secondary N) is 1. The fraction of sp³-hybridized carbons (Fsp3) is 0.667. The maximum Gasteiger partial charge on any atom is 0.329 e. The van der Waals surface area contributed by atoms with Gasteiger partial charge in [-0.25, -0.2) is 4.79 Å². The second kappa shape index (κ2) is 5.87. The van der Waals surface area contributed by atoms with Gasteiger partial charge in [-0.05, 0) is 38.5 Å². The molecule has 2 rings (SSSR count). The monoisotopic (exact) mass is 293 g/mol. The molecule has 1 amide bonds. The summed E-state index contributed by atoms with van der Waals surface area (Å²) in [5.41, 5.74) is 0.0383. The molecule has 6 nitrogen and oxygen atoms in total. The summed E-state index contributed by atoms with van der Waals surface area (Å²) in [6.45, 7) is 3.92. The Balaban J connectivity index is 2.16. The molecule has 1 fully saturated rings. The van der Waals surface area contributed by atoms with Crippen LogP contribution in [-0.4, -0.2) is 32.3 Å². The van der Waals surface area contributed by atoms with Crippen LogP contribution in [0.15, 0.2) is 6.20 Å². The van der Waals surface area contributed by atoms with Crippen molar-refractivity contribution in [3.8, 4) is 0 Å². The Kier molecular flexibility index (Phi) is 4.34. The van der Waals surface area contributed by atoms with Crippen molar-refractivity contribution in [2.24, 2.45) is 13.0 Å². The Morgan fingerprint density at radius 2 is 2.10 bits per heavy atom. The van der Waals surface area contributed by atoms with Gasteiger partial charge in [0.05, 0.1) is 11.8 Å². The van der Waals surface area contributed by atoms with Crippen molar-refractivity contribution >= 4 is 11.9 Å². The van der Waals surface area contributed by atoms with Crippen LogP contribution in [0.25, 0.3) is 0 Å². The normalized spacial score (nSPS) is 25.6. The summed E-state index contributed by atoms with van der Waals surface area (Å²) in [6.07, 6.45) is 5.21. The van der Waals surface area contributed by atoms with E-state index in [1.54, 1.807) is 18.7 Å². The minimum absolute atomic E-state index is 0.349. The number of carbonyl (C=O) groups is 2. The van der Waals surface area contributed by atoms with Crippen LogP contribution in [0.5, 0.6) is 0 Å². The van der Waals surface area contributed by atoms with Crippen molar-refractivity contribution in [3.05, 3.63) is 17.5 Å². The number of aliphatic carboxylic acids is 1. The average molecular weight is 293 g/mol. The van der Waals surface area contributed by atoms with Crippen LogP contribution < -0.4 is 5.32 Å². The van der Waals surface area contributed by atoms with Crippen molar-refractivity contribution in [1.29, 1.82) is 0 Å². The molecule has 0 aromatic carbocycles. The van der Waals surface area contributed by atoms with Crippen LogP contribution in [0, 0.1) is 12.8 Å². The summed E-state index contributed by atoms with van der Waals surface area (Å²) in [7, 11) is 1.76. The molecule has 0 unspecified atom stereocenters. The van der Waals surface area contributed by atoms with E-state index in [-0.39, 0.29) is 5.91 Å². The zero-order chi connectivity index (χ0) is 15.6. The molecule has 0 spiro atoms. The smallest absolute Gasteiger partial charge is 0.329 e. The molecule has 0 saturated heterocycles. The van der Waals surface area contributed by atoms with E-state index in [0.717, 1.165) is 25.0 Å². The van der Waals surface area contributed by atoms with Crippen molar-refractivity contribution < 1.29 is 14.7 Å². The Bertz CT molecular complexity index is 542. The predicted octanol–water partition coefficient (Wildman–Crippen LogP) is 1.88. The quantitative estimate of drug-likeness (QED) is 0.887. The highest BCUT2D eigenvalue weighted by atomic mass is 16.4. The number of nitrogens with zero attached hydrogens (tertiary/aromatic N) is 2. The zero-order valence-electron chi connectivity index (χ0n) is 12.8. The van der Waals surface area contributed by atoms with Crippen molar-refractivity contribution in [3.63, 3.8) is 0 Å². The van der Waals surface area contributed by atoms with Crippen LogP contribution in [-0.2, 0) is 11.8 Å². The van der Waals surface area contributed by atoms with Gasteiger partial charge in [0.25, 0.3) is 5.91 Å². The van der Waals surface area contributed by atoms with Crippen molar-refractivity contribution in [2.75, 3.05) is 0 Å². The largest absolute Gasteiger partial charge is 0.480 e. The summed E-state index contributed by atoms with van der Waals surface area (Å²) in [6, 6.07) is 0. The fourth-order valence-electron chi connectivity index (χ4n) is 2.98. The first-order valence-corrected chi connectivity index (χ1v) is 7.44. The molecular formula is C15H23N3O3. The maximum atomic E-state index is 12.4. The number of carbonyl (C=O) groups excluding carboxylic acids is 1. The molecule has 1 heterocycles. The van der Waals surface area contributed by atoms with Gasteiger partial charge in [-0.1, -0.05) is 13.3 Å². The lowest BCUT2D eigenvalue weighted by molar-refractivity contribution is -0.146. The summed E-state index contributed by atoms with van der Waals surface area (Å²) in [4.78, 5) is 24.1. The molecule has 0 aliphatic heterocycles. The van der Waals surface area contributed by atoms with Gasteiger partial charge >= 0.3 is 5.97 Å². The number of hydrogen-bond donors (Lipinski definition) is 2. The van der Waals surface area contributed by atoms with Gasteiger partial charge in [0, 0.05) is 12.7 Å². The minimum Gasteiger partial charge on any atom is -0.480 e. The van der Waals surface area contributed by atoms with Gasteiger partial charge in [-0.2, -0.15) is 5.10 Å². The number of rotatable bonds is 4. The molecule has 116 valence electrons. The molecule has 1 aliphatic rings. The third kappa shape index (κ3) is 2.94. The Hall–Kier alpha value is -1.85. The summed E-state index contributed by atoms with van der Waals surface area (Å²) >= 11 is 0. The first kappa shape index (κ1) is 15.5. The number of amides is 1. The van der Waals surface area contributed by atoms with Crippen LogP contribution in [0.3, 0.4) is 0 Å². The molecule has 0 radical (unpaired) electrons. The highest BCUT2D eigenvalue weighted by Crippen LogP contribution is 2.34. The van der Waals surface area contributed by atoms with Gasteiger partial charge in [-0.3, -0.25) is 9.48 Å². The van der Waals surface area contributed by atoms with Gasteiger partial charge in [0.1, 0.15) is 5.54 Å². The lowest BCUT2D eigenvalue weighted by atomic mass is 9.75. The van der Waals surface area contributed by atoms with Crippen LogP contribution in [0.2, 0.25) is 0 Å². The highest BCUT2D eigenvalue weighted by Gasteiger charge is 2.43. The van der Waals surface area contributed by atoms with Crippen molar-refractivity contribution in [2.45, 2.75) is 51.5 Å². The fourth-order valence-corrected chi connectivity index (χ4v) is 2.98. The number of carboxylic acid groups (broad SMARTS) is 1.